The number of rotatable bonds is 5. The van der Waals surface area contributed by atoms with Crippen molar-refractivity contribution in [3.05, 3.63) is 35.9 Å². The molecule has 1 aromatic rings. The Morgan fingerprint density at radius 3 is 2.76 bits per heavy atom. The average Bonchev–Trinajstić information content (AvgIpc) is 2.64. The van der Waals surface area contributed by atoms with E-state index in [1.165, 1.54) is 12.0 Å². The fourth-order valence-electron chi connectivity index (χ4n) is 4.07. The average molecular weight is 341 g/mol. The summed E-state index contributed by atoms with van der Waals surface area (Å²) in [4.78, 5) is 4.83. The number of nitriles is 1. The molecule has 0 bridgehead atoms. The molecule has 2 aliphatic rings. The monoisotopic (exact) mass is 341 g/mol. The summed E-state index contributed by atoms with van der Waals surface area (Å²) in [6.07, 6.45) is 2.73. The Kier molecular flexibility index (Phi) is 6.47. The molecule has 0 N–H and O–H groups in total. The Bertz CT molecular complexity index is 568. The van der Waals surface area contributed by atoms with Gasteiger partial charge in [0.1, 0.15) is 6.04 Å². The van der Waals surface area contributed by atoms with Gasteiger partial charge in [-0.1, -0.05) is 44.2 Å². The van der Waals surface area contributed by atoms with Gasteiger partial charge in [0.05, 0.1) is 12.2 Å². The minimum atomic E-state index is -0.00491. The van der Waals surface area contributed by atoms with E-state index in [1.54, 1.807) is 0 Å². The van der Waals surface area contributed by atoms with Crippen LogP contribution in [0.3, 0.4) is 0 Å². The van der Waals surface area contributed by atoms with E-state index in [0.717, 1.165) is 45.8 Å². The van der Waals surface area contributed by atoms with Crippen molar-refractivity contribution < 1.29 is 4.74 Å². The van der Waals surface area contributed by atoms with Gasteiger partial charge in [-0.05, 0) is 30.2 Å². The van der Waals surface area contributed by atoms with Crippen molar-refractivity contribution in [1.82, 2.24) is 9.80 Å². The second kappa shape index (κ2) is 8.80. The number of nitrogens with zero attached hydrogens (tertiary/aromatic N) is 3. The third kappa shape index (κ3) is 5.04. The molecule has 0 aliphatic carbocycles. The largest absolute Gasteiger partial charge is 0.378 e. The number of hydrogen-bond acceptors (Lipinski definition) is 4. The number of piperazine rings is 1. The minimum Gasteiger partial charge on any atom is -0.378 e. The van der Waals surface area contributed by atoms with E-state index in [0.29, 0.717) is 17.9 Å². The highest BCUT2D eigenvalue weighted by Gasteiger charge is 2.31. The molecule has 136 valence electrons. The summed E-state index contributed by atoms with van der Waals surface area (Å²) in [5.41, 5.74) is 1.29. The van der Waals surface area contributed by atoms with Crippen LogP contribution in [0.4, 0.5) is 0 Å². The lowest BCUT2D eigenvalue weighted by molar-refractivity contribution is -0.0432. The third-order valence-corrected chi connectivity index (χ3v) is 5.64. The van der Waals surface area contributed by atoms with Crippen LogP contribution in [0.2, 0.25) is 0 Å². The van der Waals surface area contributed by atoms with E-state index in [4.69, 9.17) is 4.74 Å². The van der Waals surface area contributed by atoms with Gasteiger partial charge in [0.2, 0.25) is 0 Å². The van der Waals surface area contributed by atoms with Crippen LogP contribution in [0.15, 0.2) is 30.3 Å². The van der Waals surface area contributed by atoms with Gasteiger partial charge in [0, 0.05) is 39.3 Å². The lowest BCUT2D eigenvalue weighted by Crippen LogP contribution is -2.53. The van der Waals surface area contributed by atoms with E-state index in [9.17, 15) is 5.26 Å². The van der Waals surface area contributed by atoms with Crippen molar-refractivity contribution in [2.45, 2.75) is 45.4 Å². The minimum absolute atomic E-state index is 0.00491. The highest BCUT2D eigenvalue weighted by molar-refractivity contribution is 5.15. The molecule has 0 unspecified atom stereocenters. The molecular weight excluding hydrogens is 310 g/mol. The quantitative estimate of drug-likeness (QED) is 0.825. The fourth-order valence-corrected chi connectivity index (χ4v) is 4.07. The van der Waals surface area contributed by atoms with Crippen molar-refractivity contribution >= 4 is 0 Å². The third-order valence-electron chi connectivity index (χ3n) is 5.64. The molecular formula is C21H31N3O. The van der Waals surface area contributed by atoms with Gasteiger partial charge >= 0.3 is 0 Å². The van der Waals surface area contributed by atoms with Crippen LogP contribution in [0, 0.1) is 23.2 Å². The highest BCUT2D eigenvalue weighted by Crippen LogP contribution is 2.26. The topological polar surface area (TPSA) is 39.5 Å². The van der Waals surface area contributed by atoms with Gasteiger partial charge in [0.15, 0.2) is 0 Å². The zero-order valence-corrected chi connectivity index (χ0v) is 15.6. The first kappa shape index (κ1) is 18.4. The molecule has 3 atom stereocenters. The molecule has 4 heteroatoms. The SMILES string of the molecule is CC(C)[C@@H]1C[C@@H](CN2CCN(Cc3ccccc3)[C@H](C#N)C2)CCO1. The van der Waals surface area contributed by atoms with Gasteiger partial charge in [-0.25, -0.2) is 0 Å². The first-order chi connectivity index (χ1) is 12.2. The molecule has 0 amide bonds. The van der Waals surface area contributed by atoms with Crippen molar-refractivity contribution in [3.63, 3.8) is 0 Å². The van der Waals surface area contributed by atoms with Gasteiger partial charge < -0.3 is 4.74 Å². The van der Waals surface area contributed by atoms with Crippen LogP contribution in [-0.4, -0.2) is 54.7 Å². The summed E-state index contributed by atoms with van der Waals surface area (Å²) in [6.45, 7) is 10.3. The highest BCUT2D eigenvalue weighted by atomic mass is 16.5. The van der Waals surface area contributed by atoms with E-state index in [-0.39, 0.29) is 6.04 Å². The summed E-state index contributed by atoms with van der Waals surface area (Å²) >= 11 is 0. The van der Waals surface area contributed by atoms with E-state index < -0.39 is 0 Å². The molecule has 3 rings (SSSR count). The molecule has 0 saturated carbocycles. The number of hydrogen-bond donors (Lipinski definition) is 0. The maximum absolute atomic E-state index is 9.64. The van der Waals surface area contributed by atoms with Crippen LogP contribution in [-0.2, 0) is 11.3 Å². The molecule has 2 aliphatic heterocycles. The predicted octanol–water partition coefficient (Wildman–Crippen LogP) is 3.15. The van der Waals surface area contributed by atoms with E-state index >= 15 is 0 Å². The van der Waals surface area contributed by atoms with Gasteiger partial charge in [-0.2, -0.15) is 5.26 Å². The summed E-state index contributed by atoms with van der Waals surface area (Å²) in [7, 11) is 0. The van der Waals surface area contributed by atoms with Gasteiger partial charge in [-0.3, -0.25) is 9.80 Å². The summed E-state index contributed by atoms with van der Waals surface area (Å²) in [6, 6.07) is 13.0. The lowest BCUT2D eigenvalue weighted by atomic mass is 9.89. The molecule has 25 heavy (non-hydrogen) atoms. The molecule has 2 fully saturated rings. The normalized spacial score (nSPS) is 28.8. The van der Waals surface area contributed by atoms with Crippen LogP contribution in [0.5, 0.6) is 0 Å². The molecule has 0 radical (unpaired) electrons. The summed E-state index contributed by atoms with van der Waals surface area (Å²) < 4.78 is 5.91. The summed E-state index contributed by atoms with van der Waals surface area (Å²) in [5.74, 6) is 1.30. The van der Waals surface area contributed by atoms with Crippen LogP contribution in [0.1, 0.15) is 32.3 Å². The second-order valence-corrected chi connectivity index (χ2v) is 7.90. The number of benzene rings is 1. The first-order valence-electron chi connectivity index (χ1n) is 9.67. The second-order valence-electron chi connectivity index (χ2n) is 7.90. The zero-order valence-electron chi connectivity index (χ0n) is 15.6. The molecule has 4 nitrogen and oxygen atoms in total. The number of ether oxygens (including phenoxy) is 1. The molecule has 2 saturated heterocycles. The molecule has 0 spiro atoms. The Morgan fingerprint density at radius 1 is 1.24 bits per heavy atom. The predicted molar refractivity (Wildman–Crippen MR) is 100.0 cm³/mol. The maximum Gasteiger partial charge on any atom is 0.111 e. The molecule has 0 aromatic heterocycles. The molecule has 1 aromatic carbocycles. The Balaban J connectivity index is 1.52. The first-order valence-corrected chi connectivity index (χ1v) is 9.67. The van der Waals surface area contributed by atoms with Crippen LogP contribution >= 0.6 is 0 Å². The lowest BCUT2D eigenvalue weighted by Gasteiger charge is -2.41. The van der Waals surface area contributed by atoms with Crippen molar-refractivity contribution in [3.8, 4) is 6.07 Å². The van der Waals surface area contributed by atoms with E-state index in [2.05, 4.69) is 54.0 Å². The standard InChI is InChI=1S/C21H31N3O/c1-17(2)21-12-19(8-11-25-21)14-23-9-10-24(20(13-22)16-23)15-18-6-4-3-5-7-18/h3-7,17,19-21H,8-12,14-16H2,1-2H3/t19-,20+,21-/m0/s1. The summed E-state index contributed by atoms with van der Waals surface area (Å²) in [5, 5.41) is 9.64. The Labute approximate surface area is 152 Å². The smallest absolute Gasteiger partial charge is 0.111 e. The van der Waals surface area contributed by atoms with Gasteiger partial charge in [0.25, 0.3) is 0 Å². The van der Waals surface area contributed by atoms with E-state index in [1.807, 2.05) is 6.07 Å². The zero-order chi connectivity index (χ0) is 17.6. The fraction of sp³-hybridized carbons (Fsp3) is 0.667. The molecule has 2 heterocycles. The maximum atomic E-state index is 9.64. The van der Waals surface area contributed by atoms with Crippen LogP contribution in [0.25, 0.3) is 0 Å². The Hall–Kier alpha value is -1.41. The van der Waals surface area contributed by atoms with Gasteiger partial charge in [-0.15, -0.1) is 0 Å². The van der Waals surface area contributed by atoms with Crippen molar-refractivity contribution in [2.24, 2.45) is 11.8 Å². The van der Waals surface area contributed by atoms with Crippen molar-refractivity contribution in [2.75, 3.05) is 32.8 Å². The Morgan fingerprint density at radius 2 is 2.04 bits per heavy atom. The van der Waals surface area contributed by atoms with Crippen molar-refractivity contribution in [1.29, 1.82) is 5.26 Å². The van der Waals surface area contributed by atoms with Crippen LogP contribution < -0.4 is 0 Å².